The number of fused-ring (bicyclic) bond motifs is 1. The van der Waals surface area contributed by atoms with Crippen molar-refractivity contribution in [2.24, 2.45) is 11.3 Å². The SMILES string of the molecule is CCOc1ccccc1C(=O)N1C[C@@H]2CN(C)C[C@]2(C(=O)N2CCCC2)C1. The van der Waals surface area contributed by atoms with Crippen LogP contribution in [0.5, 0.6) is 5.75 Å². The summed E-state index contributed by atoms with van der Waals surface area (Å²) < 4.78 is 5.65. The molecule has 0 saturated carbocycles. The van der Waals surface area contributed by atoms with Crippen LogP contribution >= 0.6 is 0 Å². The van der Waals surface area contributed by atoms with Gasteiger partial charge in [-0.3, -0.25) is 9.59 Å². The van der Waals surface area contributed by atoms with Crippen LogP contribution in [0.25, 0.3) is 0 Å². The van der Waals surface area contributed by atoms with Crippen LogP contribution in [0.4, 0.5) is 0 Å². The van der Waals surface area contributed by atoms with Gasteiger partial charge in [-0.05, 0) is 38.9 Å². The number of likely N-dealkylation sites (tertiary alicyclic amines) is 3. The minimum absolute atomic E-state index is 0.0234. The molecule has 0 spiro atoms. The molecule has 27 heavy (non-hydrogen) atoms. The van der Waals surface area contributed by atoms with E-state index < -0.39 is 5.41 Å². The fraction of sp³-hybridized carbons (Fsp3) is 0.619. The zero-order valence-electron chi connectivity index (χ0n) is 16.3. The molecule has 1 aromatic carbocycles. The number of amides is 2. The lowest BCUT2D eigenvalue weighted by Crippen LogP contribution is -2.49. The number of nitrogens with zero attached hydrogens (tertiary/aromatic N) is 3. The van der Waals surface area contributed by atoms with Gasteiger partial charge in [0.25, 0.3) is 5.91 Å². The Hall–Kier alpha value is -2.08. The standard InChI is InChI=1S/C21H29N3O3/c1-3-27-18-9-5-4-8-17(18)19(25)24-13-16-12-22(2)14-21(16,15-24)20(26)23-10-6-7-11-23/h4-5,8-9,16H,3,6-7,10-15H2,1-2H3/t16-,21-/m0/s1. The third-order valence-corrected chi connectivity index (χ3v) is 6.30. The number of hydrogen-bond acceptors (Lipinski definition) is 4. The summed E-state index contributed by atoms with van der Waals surface area (Å²) >= 11 is 0. The quantitative estimate of drug-likeness (QED) is 0.809. The van der Waals surface area contributed by atoms with E-state index in [2.05, 4.69) is 11.9 Å². The van der Waals surface area contributed by atoms with E-state index in [0.29, 0.717) is 31.0 Å². The van der Waals surface area contributed by atoms with Gasteiger partial charge in [-0.1, -0.05) is 12.1 Å². The number of hydrogen-bond donors (Lipinski definition) is 0. The fourth-order valence-corrected chi connectivity index (χ4v) is 5.10. The first kappa shape index (κ1) is 18.3. The number of carbonyl (C=O) groups excluding carboxylic acids is 2. The van der Waals surface area contributed by atoms with Crippen LogP contribution in [0, 0.1) is 11.3 Å². The van der Waals surface area contributed by atoms with Gasteiger partial charge in [0.2, 0.25) is 5.91 Å². The Morgan fingerprint density at radius 3 is 2.59 bits per heavy atom. The maximum atomic E-state index is 13.4. The second-order valence-electron chi connectivity index (χ2n) is 8.16. The lowest BCUT2D eigenvalue weighted by molar-refractivity contribution is -0.141. The van der Waals surface area contributed by atoms with E-state index in [9.17, 15) is 9.59 Å². The number of carbonyl (C=O) groups is 2. The molecule has 0 unspecified atom stereocenters. The smallest absolute Gasteiger partial charge is 0.257 e. The zero-order chi connectivity index (χ0) is 19.0. The first-order valence-electron chi connectivity index (χ1n) is 10.0. The molecule has 6 heteroatoms. The molecule has 0 aromatic heterocycles. The predicted octanol–water partition coefficient (Wildman–Crippen LogP) is 1.71. The van der Waals surface area contributed by atoms with Gasteiger partial charge >= 0.3 is 0 Å². The highest BCUT2D eigenvalue weighted by molar-refractivity contribution is 5.98. The van der Waals surface area contributed by atoms with Crippen LogP contribution in [-0.4, -0.2) is 79.4 Å². The summed E-state index contributed by atoms with van der Waals surface area (Å²) in [4.78, 5) is 32.8. The van der Waals surface area contributed by atoms with E-state index in [1.165, 1.54) is 0 Å². The van der Waals surface area contributed by atoms with Gasteiger partial charge in [-0.25, -0.2) is 0 Å². The molecule has 0 N–H and O–H groups in total. The van der Waals surface area contributed by atoms with E-state index in [1.54, 1.807) is 0 Å². The fourth-order valence-electron chi connectivity index (χ4n) is 5.10. The van der Waals surface area contributed by atoms with Crippen LogP contribution in [0.3, 0.4) is 0 Å². The molecule has 3 aliphatic rings. The third kappa shape index (κ3) is 3.10. The third-order valence-electron chi connectivity index (χ3n) is 6.30. The monoisotopic (exact) mass is 371 g/mol. The Balaban J connectivity index is 1.59. The zero-order valence-corrected chi connectivity index (χ0v) is 16.3. The van der Waals surface area contributed by atoms with Gasteiger partial charge in [0.1, 0.15) is 5.75 Å². The molecular formula is C21H29N3O3. The second kappa shape index (κ2) is 7.15. The number of ether oxygens (including phenoxy) is 1. The molecular weight excluding hydrogens is 342 g/mol. The van der Waals surface area contributed by atoms with Crippen molar-refractivity contribution in [2.45, 2.75) is 19.8 Å². The first-order valence-corrected chi connectivity index (χ1v) is 10.0. The van der Waals surface area contributed by atoms with E-state index in [1.807, 2.05) is 41.0 Å². The summed E-state index contributed by atoms with van der Waals surface area (Å²) in [5.41, 5.74) is 0.145. The van der Waals surface area contributed by atoms with Crippen LogP contribution in [0.15, 0.2) is 24.3 Å². The Morgan fingerprint density at radius 1 is 1.11 bits per heavy atom. The van der Waals surface area contributed by atoms with Gasteiger partial charge in [-0.2, -0.15) is 0 Å². The molecule has 2 amide bonds. The largest absolute Gasteiger partial charge is 0.493 e. The summed E-state index contributed by atoms with van der Waals surface area (Å²) in [6, 6.07) is 7.41. The molecule has 1 aromatic rings. The summed E-state index contributed by atoms with van der Waals surface area (Å²) in [6.45, 7) is 6.92. The molecule has 2 atom stereocenters. The summed E-state index contributed by atoms with van der Waals surface area (Å²) in [6.07, 6.45) is 2.18. The number of rotatable bonds is 4. The molecule has 3 fully saturated rings. The van der Waals surface area contributed by atoms with E-state index in [-0.39, 0.29) is 17.7 Å². The Labute approximate surface area is 161 Å². The van der Waals surface area contributed by atoms with Crippen molar-refractivity contribution >= 4 is 11.8 Å². The van der Waals surface area contributed by atoms with Crippen molar-refractivity contribution in [3.63, 3.8) is 0 Å². The van der Waals surface area contributed by atoms with Gasteiger partial charge in [0.05, 0.1) is 17.6 Å². The molecule has 3 saturated heterocycles. The lowest BCUT2D eigenvalue weighted by atomic mass is 9.79. The van der Waals surface area contributed by atoms with Crippen molar-refractivity contribution in [2.75, 3.05) is 52.9 Å². The van der Waals surface area contributed by atoms with Crippen molar-refractivity contribution < 1.29 is 14.3 Å². The van der Waals surface area contributed by atoms with Crippen LogP contribution in [-0.2, 0) is 4.79 Å². The lowest BCUT2D eigenvalue weighted by Gasteiger charge is -2.32. The number of benzene rings is 1. The van der Waals surface area contributed by atoms with Crippen molar-refractivity contribution in [3.05, 3.63) is 29.8 Å². The predicted molar refractivity (Wildman–Crippen MR) is 103 cm³/mol. The van der Waals surface area contributed by atoms with Crippen LogP contribution in [0.2, 0.25) is 0 Å². The van der Waals surface area contributed by atoms with Crippen LogP contribution in [0.1, 0.15) is 30.1 Å². The molecule has 0 bridgehead atoms. The first-order chi connectivity index (χ1) is 13.0. The molecule has 0 aliphatic carbocycles. The maximum Gasteiger partial charge on any atom is 0.257 e. The Bertz CT molecular complexity index is 731. The maximum absolute atomic E-state index is 13.4. The Kier molecular flexibility index (Phi) is 4.84. The van der Waals surface area contributed by atoms with Gasteiger partial charge < -0.3 is 19.4 Å². The summed E-state index contributed by atoms with van der Waals surface area (Å²) in [5, 5.41) is 0. The van der Waals surface area contributed by atoms with E-state index >= 15 is 0 Å². The van der Waals surface area contributed by atoms with E-state index in [4.69, 9.17) is 4.74 Å². The molecule has 3 heterocycles. The normalized spacial score (nSPS) is 27.9. The number of para-hydroxylation sites is 1. The van der Waals surface area contributed by atoms with Crippen LogP contribution < -0.4 is 4.74 Å². The molecule has 3 aliphatic heterocycles. The highest BCUT2D eigenvalue weighted by atomic mass is 16.5. The van der Waals surface area contributed by atoms with Gasteiger partial charge in [-0.15, -0.1) is 0 Å². The molecule has 146 valence electrons. The highest BCUT2D eigenvalue weighted by Crippen LogP contribution is 2.44. The second-order valence-corrected chi connectivity index (χ2v) is 8.16. The summed E-state index contributed by atoms with van der Waals surface area (Å²) in [7, 11) is 2.08. The highest BCUT2D eigenvalue weighted by Gasteiger charge is 2.58. The molecule has 6 nitrogen and oxygen atoms in total. The topological polar surface area (TPSA) is 53.1 Å². The van der Waals surface area contributed by atoms with Crippen molar-refractivity contribution in [1.29, 1.82) is 0 Å². The van der Waals surface area contributed by atoms with Gasteiger partial charge in [0, 0.05) is 45.2 Å². The molecule has 0 radical (unpaired) electrons. The Morgan fingerprint density at radius 2 is 1.85 bits per heavy atom. The average molecular weight is 371 g/mol. The average Bonchev–Trinajstić information content (AvgIpc) is 3.36. The minimum atomic E-state index is -0.449. The van der Waals surface area contributed by atoms with E-state index in [0.717, 1.165) is 39.0 Å². The molecule has 4 rings (SSSR count). The van der Waals surface area contributed by atoms with Crippen molar-refractivity contribution in [3.8, 4) is 5.75 Å². The minimum Gasteiger partial charge on any atom is -0.493 e. The van der Waals surface area contributed by atoms with Gasteiger partial charge in [0.15, 0.2) is 0 Å². The summed E-state index contributed by atoms with van der Waals surface area (Å²) in [5.74, 6) is 1.06. The van der Waals surface area contributed by atoms with Crippen molar-refractivity contribution in [1.82, 2.24) is 14.7 Å².